The van der Waals surface area contributed by atoms with Gasteiger partial charge in [0.25, 0.3) is 0 Å². The second-order valence-electron chi connectivity index (χ2n) is 6.26. The maximum Gasteiger partial charge on any atom is 0.164 e. The molecule has 0 saturated heterocycles. The topological polar surface area (TPSA) is 89.6 Å². The molecule has 0 saturated carbocycles. The zero-order chi connectivity index (χ0) is 19.0. The molecule has 4 heterocycles. The smallest absolute Gasteiger partial charge is 0.164 e. The van der Waals surface area contributed by atoms with Gasteiger partial charge in [-0.25, -0.2) is 19.3 Å². The molecule has 136 valence electrons. The summed E-state index contributed by atoms with van der Waals surface area (Å²) in [6.07, 6.45) is 4.43. The molecule has 8 heteroatoms. The van der Waals surface area contributed by atoms with Crippen LogP contribution >= 0.6 is 0 Å². The van der Waals surface area contributed by atoms with Crippen LogP contribution in [-0.2, 0) is 13.2 Å². The zero-order valence-corrected chi connectivity index (χ0v) is 14.9. The van der Waals surface area contributed by atoms with Crippen LogP contribution in [0, 0.1) is 19.7 Å². The van der Waals surface area contributed by atoms with Gasteiger partial charge in [0.1, 0.15) is 23.0 Å². The van der Waals surface area contributed by atoms with E-state index in [0.29, 0.717) is 40.6 Å². The molecule has 0 spiro atoms. The van der Waals surface area contributed by atoms with Crippen molar-refractivity contribution in [2.24, 2.45) is 0 Å². The van der Waals surface area contributed by atoms with Crippen LogP contribution in [0.3, 0.4) is 0 Å². The summed E-state index contributed by atoms with van der Waals surface area (Å²) in [7, 11) is 0. The minimum atomic E-state index is -0.431. The lowest BCUT2D eigenvalue weighted by Crippen LogP contribution is -2.05. The van der Waals surface area contributed by atoms with Gasteiger partial charge in [-0.3, -0.25) is 9.97 Å². The highest BCUT2D eigenvalue weighted by atomic mass is 19.1. The second kappa shape index (κ2) is 6.81. The Morgan fingerprint density at radius 3 is 2.63 bits per heavy atom. The third-order valence-electron chi connectivity index (χ3n) is 4.23. The van der Waals surface area contributed by atoms with Crippen LogP contribution in [0.1, 0.15) is 22.8 Å². The quantitative estimate of drug-likeness (QED) is 0.599. The first-order chi connectivity index (χ1) is 13.0. The zero-order valence-electron chi connectivity index (χ0n) is 14.9. The van der Waals surface area contributed by atoms with E-state index in [4.69, 9.17) is 5.11 Å². The number of rotatable bonds is 4. The molecule has 0 aliphatic rings. The fourth-order valence-corrected chi connectivity index (χ4v) is 3.00. The molecular weight excluding hydrogens is 347 g/mol. The van der Waals surface area contributed by atoms with Crippen molar-refractivity contribution in [2.75, 3.05) is 0 Å². The van der Waals surface area contributed by atoms with Crippen LogP contribution in [0.2, 0.25) is 0 Å². The van der Waals surface area contributed by atoms with Crippen molar-refractivity contribution in [3.8, 4) is 11.4 Å². The molecule has 0 unspecified atom stereocenters. The molecule has 1 N–H and O–H groups in total. The lowest BCUT2D eigenvalue weighted by Gasteiger charge is -2.09. The Hall–Kier alpha value is -3.26. The van der Waals surface area contributed by atoms with Crippen LogP contribution in [0.5, 0.6) is 0 Å². The Bertz CT molecular complexity index is 1120. The minimum Gasteiger partial charge on any atom is -0.390 e. The number of hydrogen-bond donors (Lipinski definition) is 1. The molecule has 4 rings (SSSR count). The Morgan fingerprint density at radius 2 is 1.93 bits per heavy atom. The van der Waals surface area contributed by atoms with E-state index in [2.05, 4.69) is 24.9 Å². The van der Waals surface area contributed by atoms with Crippen molar-refractivity contribution in [3.05, 3.63) is 65.4 Å². The highest BCUT2D eigenvalue weighted by Gasteiger charge is 2.18. The molecule has 0 amide bonds. The van der Waals surface area contributed by atoms with Gasteiger partial charge in [-0.15, -0.1) is 0 Å². The summed E-state index contributed by atoms with van der Waals surface area (Å²) in [4.78, 5) is 21.8. The average molecular weight is 364 g/mol. The first kappa shape index (κ1) is 17.2. The monoisotopic (exact) mass is 364 g/mol. The van der Waals surface area contributed by atoms with Gasteiger partial charge >= 0.3 is 0 Å². The number of imidazole rings is 1. The summed E-state index contributed by atoms with van der Waals surface area (Å²) in [5, 5.41) is 9.17. The van der Waals surface area contributed by atoms with Crippen LogP contribution in [0.4, 0.5) is 4.39 Å². The molecule has 4 aromatic heterocycles. The highest BCUT2D eigenvalue weighted by molar-refractivity contribution is 5.79. The Kier molecular flexibility index (Phi) is 4.33. The predicted molar refractivity (Wildman–Crippen MR) is 97.2 cm³/mol. The summed E-state index contributed by atoms with van der Waals surface area (Å²) < 4.78 is 15.6. The Balaban J connectivity index is 1.91. The number of halogens is 1. The Labute approximate surface area is 154 Å². The fraction of sp³-hybridized carbons (Fsp3) is 0.211. The van der Waals surface area contributed by atoms with Gasteiger partial charge in [-0.1, -0.05) is 6.07 Å². The number of aromatic nitrogens is 6. The predicted octanol–water partition coefficient (Wildman–Crippen LogP) is 2.58. The number of aryl methyl sites for hydroxylation is 2. The van der Waals surface area contributed by atoms with Gasteiger partial charge < -0.3 is 9.67 Å². The molecule has 0 aliphatic carbocycles. The first-order valence-corrected chi connectivity index (χ1v) is 8.42. The number of nitrogens with zero attached hydrogens (tertiary/aromatic N) is 6. The summed E-state index contributed by atoms with van der Waals surface area (Å²) in [6, 6.07) is 5.05. The first-order valence-electron chi connectivity index (χ1n) is 8.42. The SMILES string of the molecule is Cc1nc(C)c2nc(-c3cncc(F)c3)n(Cc3ccc(CO)nc3)c2n1. The lowest BCUT2D eigenvalue weighted by molar-refractivity contribution is 0.277. The molecule has 0 bridgehead atoms. The van der Waals surface area contributed by atoms with E-state index >= 15 is 0 Å². The van der Waals surface area contributed by atoms with E-state index < -0.39 is 5.82 Å². The number of pyridine rings is 2. The van der Waals surface area contributed by atoms with Crippen LogP contribution < -0.4 is 0 Å². The number of aliphatic hydroxyl groups excluding tert-OH is 1. The van der Waals surface area contributed by atoms with E-state index in [1.807, 2.05) is 24.5 Å². The molecule has 0 radical (unpaired) electrons. The van der Waals surface area contributed by atoms with Crippen molar-refractivity contribution in [1.29, 1.82) is 0 Å². The third-order valence-corrected chi connectivity index (χ3v) is 4.23. The van der Waals surface area contributed by atoms with E-state index in [1.165, 1.54) is 6.07 Å². The lowest BCUT2D eigenvalue weighted by atomic mass is 10.2. The molecule has 0 aliphatic heterocycles. The standard InChI is InChI=1S/C19H17FN6O/c1-11-17-19(24-12(2)23-11)26(9-13-3-4-16(10-27)22-6-13)18(25-17)14-5-15(20)8-21-7-14/h3-8,27H,9-10H2,1-2H3. The van der Waals surface area contributed by atoms with Crippen molar-refractivity contribution >= 4 is 11.2 Å². The fourth-order valence-electron chi connectivity index (χ4n) is 3.00. The molecule has 0 aromatic carbocycles. The Morgan fingerprint density at radius 1 is 1.07 bits per heavy atom. The number of fused-ring (bicyclic) bond motifs is 1. The van der Waals surface area contributed by atoms with Crippen LogP contribution in [0.25, 0.3) is 22.6 Å². The number of hydrogen-bond acceptors (Lipinski definition) is 6. The molecule has 0 atom stereocenters. The summed E-state index contributed by atoms with van der Waals surface area (Å²) in [5.74, 6) is 0.768. The largest absolute Gasteiger partial charge is 0.390 e. The van der Waals surface area contributed by atoms with E-state index in [0.717, 1.165) is 17.5 Å². The van der Waals surface area contributed by atoms with Crippen molar-refractivity contribution in [2.45, 2.75) is 27.0 Å². The normalized spacial score (nSPS) is 11.3. The third kappa shape index (κ3) is 3.26. The van der Waals surface area contributed by atoms with Crippen molar-refractivity contribution < 1.29 is 9.50 Å². The van der Waals surface area contributed by atoms with Gasteiger partial charge in [0.2, 0.25) is 0 Å². The summed E-state index contributed by atoms with van der Waals surface area (Å²) >= 11 is 0. The van der Waals surface area contributed by atoms with Gasteiger partial charge in [0, 0.05) is 18.0 Å². The minimum absolute atomic E-state index is 0.111. The molecular formula is C19H17FN6O. The van der Waals surface area contributed by atoms with E-state index in [-0.39, 0.29) is 6.61 Å². The van der Waals surface area contributed by atoms with Gasteiger partial charge in [0.15, 0.2) is 5.65 Å². The van der Waals surface area contributed by atoms with E-state index in [1.54, 1.807) is 18.5 Å². The van der Waals surface area contributed by atoms with E-state index in [9.17, 15) is 4.39 Å². The van der Waals surface area contributed by atoms with Crippen molar-refractivity contribution in [3.63, 3.8) is 0 Å². The molecule has 27 heavy (non-hydrogen) atoms. The van der Waals surface area contributed by atoms with Gasteiger partial charge in [-0.05, 0) is 31.5 Å². The second-order valence-corrected chi connectivity index (χ2v) is 6.26. The molecule has 7 nitrogen and oxygen atoms in total. The molecule has 4 aromatic rings. The molecule has 0 fully saturated rings. The highest BCUT2D eigenvalue weighted by Crippen LogP contribution is 2.26. The number of aliphatic hydroxyl groups is 1. The van der Waals surface area contributed by atoms with Crippen LogP contribution in [-0.4, -0.2) is 34.6 Å². The maximum absolute atomic E-state index is 13.7. The maximum atomic E-state index is 13.7. The summed E-state index contributed by atoms with van der Waals surface area (Å²) in [5.41, 5.74) is 4.16. The average Bonchev–Trinajstić information content (AvgIpc) is 3.01. The van der Waals surface area contributed by atoms with Crippen LogP contribution in [0.15, 0.2) is 36.8 Å². The summed E-state index contributed by atoms with van der Waals surface area (Å²) in [6.45, 7) is 4.03. The van der Waals surface area contributed by atoms with Gasteiger partial charge in [0.05, 0.1) is 30.7 Å². The van der Waals surface area contributed by atoms with Gasteiger partial charge in [-0.2, -0.15) is 0 Å². The van der Waals surface area contributed by atoms with Crippen molar-refractivity contribution in [1.82, 2.24) is 29.5 Å².